The molecule has 0 unspecified atom stereocenters. The lowest BCUT2D eigenvalue weighted by molar-refractivity contribution is -0.115. The van der Waals surface area contributed by atoms with Gasteiger partial charge < -0.3 is 10.1 Å². The molecule has 2 aromatic rings. The van der Waals surface area contributed by atoms with Gasteiger partial charge in [0.05, 0.1) is 17.8 Å². The molecule has 0 saturated heterocycles. The molecule has 0 saturated carbocycles. The Morgan fingerprint density at radius 2 is 1.96 bits per heavy atom. The zero-order valence-electron chi connectivity index (χ0n) is 12.7. The second kappa shape index (κ2) is 8.82. The number of nitrogens with one attached hydrogen (secondary N) is 2. The quantitative estimate of drug-likeness (QED) is 0.553. The summed E-state index contributed by atoms with van der Waals surface area (Å²) in [6.45, 7) is 0. The largest absolute Gasteiger partial charge is 0.497 e. The van der Waals surface area contributed by atoms with Gasteiger partial charge in [-0.25, -0.2) is 0 Å². The smallest absolute Gasteiger partial charge is 0.250 e. The van der Waals surface area contributed by atoms with Gasteiger partial charge in [0.25, 0.3) is 0 Å². The first-order valence-electron chi connectivity index (χ1n) is 6.87. The summed E-state index contributed by atoms with van der Waals surface area (Å²) in [5, 5.41) is 6.11. The van der Waals surface area contributed by atoms with Gasteiger partial charge in [0, 0.05) is 10.5 Å². The maximum absolute atomic E-state index is 11.9. The van der Waals surface area contributed by atoms with Crippen molar-refractivity contribution in [3.8, 4) is 5.75 Å². The summed E-state index contributed by atoms with van der Waals surface area (Å²) >= 11 is 14.5. The number of anilines is 1. The van der Waals surface area contributed by atoms with Gasteiger partial charge in [-0.05, 0) is 54.2 Å². The highest BCUT2D eigenvalue weighted by atomic mass is 79.9. The third kappa shape index (κ3) is 5.63. The fraction of sp³-hybridized carbons (Fsp3) is 0.0588. The number of methoxy groups -OCH3 is 1. The number of hydrogen-bond donors (Lipinski definition) is 2. The molecule has 0 heterocycles. The van der Waals surface area contributed by atoms with Gasteiger partial charge in [-0.1, -0.05) is 39.7 Å². The summed E-state index contributed by atoms with van der Waals surface area (Å²) in [7, 11) is 1.60. The molecule has 7 heteroatoms. The molecule has 4 nitrogen and oxygen atoms in total. The van der Waals surface area contributed by atoms with Crippen LogP contribution in [0.15, 0.2) is 53.0 Å². The van der Waals surface area contributed by atoms with E-state index in [1.54, 1.807) is 25.3 Å². The Morgan fingerprint density at radius 1 is 1.25 bits per heavy atom. The number of rotatable bonds is 4. The molecule has 2 rings (SSSR count). The minimum absolute atomic E-state index is 0.170. The number of carbonyl (C=O) groups excluding carboxylic acids is 1. The molecule has 2 aromatic carbocycles. The number of hydrogen-bond acceptors (Lipinski definition) is 3. The van der Waals surface area contributed by atoms with Gasteiger partial charge in [0.15, 0.2) is 5.11 Å². The summed E-state index contributed by atoms with van der Waals surface area (Å²) in [4.78, 5) is 11.9. The maximum atomic E-state index is 11.9. The van der Waals surface area contributed by atoms with E-state index in [1.165, 1.54) is 6.08 Å². The van der Waals surface area contributed by atoms with Gasteiger partial charge in [0.2, 0.25) is 5.91 Å². The number of benzene rings is 2. The van der Waals surface area contributed by atoms with Gasteiger partial charge in [-0.15, -0.1) is 0 Å². The molecule has 124 valence electrons. The first kappa shape index (κ1) is 18.4. The van der Waals surface area contributed by atoms with Crippen molar-refractivity contribution < 1.29 is 9.53 Å². The molecule has 0 spiro atoms. The minimum atomic E-state index is -0.337. The van der Waals surface area contributed by atoms with Crippen LogP contribution in [0.5, 0.6) is 5.75 Å². The summed E-state index contributed by atoms with van der Waals surface area (Å²) < 4.78 is 5.94. The molecule has 0 radical (unpaired) electrons. The van der Waals surface area contributed by atoms with E-state index < -0.39 is 0 Å². The van der Waals surface area contributed by atoms with Gasteiger partial charge in [-0.3, -0.25) is 10.1 Å². The van der Waals surface area contributed by atoms with Crippen molar-refractivity contribution in [3.05, 3.63) is 63.6 Å². The van der Waals surface area contributed by atoms with Crippen molar-refractivity contribution in [2.75, 3.05) is 12.4 Å². The number of thiocarbonyl (C=S) groups is 1. The average Bonchev–Trinajstić information content (AvgIpc) is 2.56. The van der Waals surface area contributed by atoms with Crippen molar-refractivity contribution in [1.29, 1.82) is 0 Å². The Kier molecular flexibility index (Phi) is 6.78. The topological polar surface area (TPSA) is 50.4 Å². The van der Waals surface area contributed by atoms with Crippen LogP contribution in [0.25, 0.3) is 6.08 Å². The van der Waals surface area contributed by atoms with Crippen molar-refractivity contribution in [3.63, 3.8) is 0 Å². The molecule has 0 fully saturated rings. The molecule has 0 aromatic heterocycles. The lowest BCUT2D eigenvalue weighted by atomic mass is 10.2. The lowest BCUT2D eigenvalue weighted by Crippen LogP contribution is -2.32. The zero-order valence-corrected chi connectivity index (χ0v) is 15.8. The van der Waals surface area contributed by atoms with E-state index in [4.69, 9.17) is 28.6 Å². The molecule has 0 aliphatic heterocycles. The summed E-state index contributed by atoms with van der Waals surface area (Å²) in [5.41, 5.74) is 1.49. The predicted octanol–water partition coefficient (Wildman–Crippen LogP) is 4.64. The van der Waals surface area contributed by atoms with Crippen LogP contribution in [-0.2, 0) is 4.79 Å². The van der Waals surface area contributed by atoms with E-state index in [2.05, 4.69) is 26.6 Å². The second-order valence-corrected chi connectivity index (χ2v) is 6.41. The van der Waals surface area contributed by atoms with Crippen LogP contribution >= 0.6 is 39.7 Å². The number of amides is 1. The van der Waals surface area contributed by atoms with Crippen LogP contribution in [-0.4, -0.2) is 18.1 Å². The Morgan fingerprint density at radius 3 is 2.58 bits per heavy atom. The van der Waals surface area contributed by atoms with Gasteiger partial charge in [0.1, 0.15) is 5.75 Å². The highest BCUT2D eigenvalue weighted by molar-refractivity contribution is 9.10. The summed E-state index contributed by atoms with van der Waals surface area (Å²) in [6.07, 6.45) is 3.09. The SMILES string of the molecule is COc1ccc(C=CC(=O)NC(=S)Nc2ccc(Br)cc2Cl)cc1. The third-order valence-corrected chi connectivity index (χ3v) is 3.97. The first-order valence-corrected chi connectivity index (χ1v) is 8.45. The number of halogens is 2. The van der Waals surface area contributed by atoms with Crippen molar-refractivity contribution in [1.82, 2.24) is 5.32 Å². The highest BCUT2D eigenvalue weighted by Gasteiger charge is 2.05. The highest BCUT2D eigenvalue weighted by Crippen LogP contribution is 2.25. The molecule has 0 bridgehead atoms. The van der Waals surface area contributed by atoms with E-state index in [-0.39, 0.29) is 11.0 Å². The number of carbonyl (C=O) groups is 1. The van der Waals surface area contributed by atoms with E-state index in [1.807, 2.05) is 30.3 Å². The second-order valence-electron chi connectivity index (χ2n) is 4.67. The van der Waals surface area contributed by atoms with Crippen molar-refractivity contribution in [2.45, 2.75) is 0 Å². The molecular formula is C17H14BrClN2O2S. The summed E-state index contributed by atoms with van der Waals surface area (Å²) in [5.74, 6) is 0.421. The van der Waals surface area contributed by atoms with E-state index in [0.29, 0.717) is 10.7 Å². The lowest BCUT2D eigenvalue weighted by Gasteiger charge is -2.09. The van der Waals surface area contributed by atoms with Crippen molar-refractivity contribution in [2.24, 2.45) is 0 Å². The Labute approximate surface area is 159 Å². The molecule has 2 N–H and O–H groups in total. The fourth-order valence-electron chi connectivity index (χ4n) is 1.78. The summed E-state index contributed by atoms with van der Waals surface area (Å²) in [6, 6.07) is 12.7. The van der Waals surface area contributed by atoms with Crippen LogP contribution in [0.2, 0.25) is 5.02 Å². The molecule has 0 aliphatic carbocycles. The minimum Gasteiger partial charge on any atom is -0.497 e. The van der Waals surface area contributed by atoms with Crippen LogP contribution in [0.1, 0.15) is 5.56 Å². The Bertz CT molecular complexity index is 779. The van der Waals surface area contributed by atoms with E-state index in [0.717, 1.165) is 15.8 Å². The normalized spacial score (nSPS) is 10.5. The number of ether oxygens (including phenoxy) is 1. The monoisotopic (exact) mass is 424 g/mol. The predicted molar refractivity (Wildman–Crippen MR) is 106 cm³/mol. The standard InChI is InChI=1S/C17H14BrClN2O2S/c1-23-13-6-2-11(3-7-13)4-9-16(22)21-17(24)20-15-8-5-12(18)10-14(15)19/h2-10H,1H3,(H2,20,21,22,24). The Hall–Kier alpha value is -1.89. The molecule has 1 amide bonds. The molecule has 0 atom stereocenters. The van der Waals surface area contributed by atoms with Crippen LogP contribution < -0.4 is 15.4 Å². The first-order chi connectivity index (χ1) is 11.5. The van der Waals surface area contributed by atoms with Crippen LogP contribution in [0.3, 0.4) is 0 Å². The van der Waals surface area contributed by atoms with Crippen LogP contribution in [0, 0.1) is 0 Å². The zero-order chi connectivity index (χ0) is 17.5. The van der Waals surface area contributed by atoms with Crippen LogP contribution in [0.4, 0.5) is 5.69 Å². The third-order valence-electron chi connectivity index (χ3n) is 2.96. The average molecular weight is 426 g/mol. The van der Waals surface area contributed by atoms with Crippen molar-refractivity contribution >= 4 is 62.5 Å². The van der Waals surface area contributed by atoms with E-state index >= 15 is 0 Å². The fourth-order valence-corrected chi connectivity index (χ4v) is 2.72. The Balaban J connectivity index is 1.91. The van der Waals surface area contributed by atoms with Gasteiger partial charge in [-0.2, -0.15) is 0 Å². The van der Waals surface area contributed by atoms with E-state index in [9.17, 15) is 4.79 Å². The van der Waals surface area contributed by atoms with Gasteiger partial charge >= 0.3 is 0 Å². The molecule has 0 aliphatic rings. The molecular weight excluding hydrogens is 412 g/mol. The molecule has 24 heavy (non-hydrogen) atoms. The maximum Gasteiger partial charge on any atom is 0.250 e.